The molecule has 0 bridgehead atoms. The van der Waals surface area contributed by atoms with Gasteiger partial charge in [0.25, 0.3) is 0 Å². The van der Waals surface area contributed by atoms with E-state index in [1.807, 2.05) is 103 Å². The van der Waals surface area contributed by atoms with Gasteiger partial charge in [0.2, 0.25) is 0 Å². The summed E-state index contributed by atoms with van der Waals surface area (Å²) in [5.74, 6) is 1.68. The van der Waals surface area contributed by atoms with Crippen LogP contribution in [0.1, 0.15) is 0 Å². The van der Waals surface area contributed by atoms with Crippen LogP contribution in [0.2, 0.25) is 0 Å². The molecular weight excluding hydrogens is 639 g/mol. The van der Waals surface area contributed by atoms with E-state index in [1.54, 1.807) is 0 Å². The zero-order chi connectivity index (χ0) is 34.6. The minimum absolute atomic E-state index is 0.122. The molecule has 0 saturated carbocycles. The van der Waals surface area contributed by atoms with E-state index in [0.29, 0.717) is 34.2 Å². The Labute approximate surface area is 299 Å². The fraction of sp³-hybridized carbons (Fsp3) is 0. The number of hydrogen-bond donors (Lipinski definition) is 1. The molecule has 1 N–H and O–H groups in total. The molecule has 244 valence electrons. The predicted octanol–water partition coefficient (Wildman–Crippen LogP) is 12.1. The number of aromatic hydroxyl groups is 1. The molecule has 10 aromatic rings. The van der Waals surface area contributed by atoms with Crippen LogP contribution in [0.4, 0.5) is 0 Å². The van der Waals surface area contributed by atoms with E-state index in [2.05, 4.69) is 66.7 Å². The zero-order valence-electron chi connectivity index (χ0n) is 27.9. The summed E-state index contributed by atoms with van der Waals surface area (Å²) in [6.07, 6.45) is 0. The maximum absolute atomic E-state index is 12.4. The van der Waals surface area contributed by atoms with Gasteiger partial charge in [-0.3, -0.25) is 0 Å². The maximum atomic E-state index is 12.4. The van der Waals surface area contributed by atoms with Crippen molar-refractivity contribution < 1.29 is 9.52 Å². The Bertz CT molecular complexity index is 2970. The third-order valence-corrected chi connectivity index (χ3v) is 9.85. The Kier molecular flexibility index (Phi) is 6.89. The Balaban J connectivity index is 1.22. The number of benzene rings is 8. The first-order chi connectivity index (χ1) is 25.7. The minimum atomic E-state index is 0.122. The highest BCUT2D eigenvalue weighted by Gasteiger charge is 2.23. The summed E-state index contributed by atoms with van der Waals surface area (Å²) in [7, 11) is 0. The normalized spacial score (nSPS) is 11.5. The van der Waals surface area contributed by atoms with Crippen molar-refractivity contribution in [2.24, 2.45) is 0 Å². The molecule has 0 aliphatic carbocycles. The van der Waals surface area contributed by atoms with Crippen molar-refractivity contribution in [3.05, 3.63) is 170 Å². The number of phenols is 1. The van der Waals surface area contributed by atoms with Crippen LogP contribution < -0.4 is 0 Å². The van der Waals surface area contributed by atoms with E-state index in [1.165, 1.54) is 10.8 Å². The number of para-hydroxylation sites is 2. The average molecular weight is 668 g/mol. The molecule has 5 heteroatoms. The molecule has 0 aliphatic rings. The second-order valence-electron chi connectivity index (χ2n) is 12.9. The summed E-state index contributed by atoms with van der Waals surface area (Å²) < 4.78 is 6.40. The van der Waals surface area contributed by atoms with Gasteiger partial charge in [-0.25, -0.2) is 15.0 Å². The van der Waals surface area contributed by atoms with Crippen LogP contribution in [-0.2, 0) is 0 Å². The van der Waals surface area contributed by atoms with Crippen molar-refractivity contribution in [1.82, 2.24) is 15.0 Å². The average Bonchev–Trinajstić information content (AvgIpc) is 3.60. The number of phenolic OH excluding ortho intramolecular Hbond substituents is 1. The minimum Gasteiger partial charge on any atom is -0.507 e. The molecule has 0 unspecified atom stereocenters. The van der Waals surface area contributed by atoms with Gasteiger partial charge in [-0.05, 0) is 51.4 Å². The van der Waals surface area contributed by atoms with Crippen LogP contribution >= 0.6 is 0 Å². The Morgan fingerprint density at radius 3 is 1.79 bits per heavy atom. The van der Waals surface area contributed by atoms with Crippen LogP contribution in [0.3, 0.4) is 0 Å². The van der Waals surface area contributed by atoms with Gasteiger partial charge in [0, 0.05) is 44.2 Å². The molecule has 2 heterocycles. The number of aromatic nitrogens is 3. The van der Waals surface area contributed by atoms with E-state index in [-0.39, 0.29) is 5.75 Å². The first kappa shape index (κ1) is 29.8. The summed E-state index contributed by atoms with van der Waals surface area (Å²) in [6, 6.07) is 56.9. The molecule has 10 rings (SSSR count). The molecule has 0 atom stereocenters. The largest absolute Gasteiger partial charge is 0.507 e. The molecule has 0 aliphatic heterocycles. The predicted molar refractivity (Wildman–Crippen MR) is 211 cm³/mol. The lowest BCUT2D eigenvalue weighted by Gasteiger charge is -2.16. The summed E-state index contributed by atoms with van der Waals surface area (Å²) in [5, 5.41) is 19.0. The monoisotopic (exact) mass is 667 g/mol. The highest BCUT2D eigenvalue weighted by Crippen LogP contribution is 2.46. The van der Waals surface area contributed by atoms with Crippen molar-refractivity contribution >= 4 is 43.5 Å². The van der Waals surface area contributed by atoms with Gasteiger partial charge in [0.15, 0.2) is 17.5 Å². The maximum Gasteiger partial charge on any atom is 0.164 e. The molecule has 0 fully saturated rings. The SMILES string of the molecule is Oc1c(-c2cccc3c2oc2ccccc23)ccc(-c2nc(-c3ccccc3)nc(-c3ccc4ccc5ccccc5c4c3)n2)c1-c1ccccc1. The van der Waals surface area contributed by atoms with Crippen molar-refractivity contribution in [2.75, 3.05) is 0 Å². The van der Waals surface area contributed by atoms with Crippen molar-refractivity contribution in [1.29, 1.82) is 0 Å². The van der Waals surface area contributed by atoms with Crippen LogP contribution in [0.5, 0.6) is 5.75 Å². The van der Waals surface area contributed by atoms with E-state index in [9.17, 15) is 5.11 Å². The molecule has 0 saturated heterocycles. The summed E-state index contributed by atoms with van der Waals surface area (Å²) in [5.41, 5.74) is 6.91. The smallest absolute Gasteiger partial charge is 0.164 e. The topological polar surface area (TPSA) is 72.0 Å². The summed E-state index contributed by atoms with van der Waals surface area (Å²) in [6.45, 7) is 0. The molecule has 52 heavy (non-hydrogen) atoms. The third-order valence-electron chi connectivity index (χ3n) is 9.85. The van der Waals surface area contributed by atoms with Crippen molar-refractivity contribution in [2.45, 2.75) is 0 Å². The number of furan rings is 1. The fourth-order valence-electron chi connectivity index (χ4n) is 7.33. The molecular formula is C47H29N3O2. The number of hydrogen-bond acceptors (Lipinski definition) is 5. The Morgan fingerprint density at radius 1 is 0.385 bits per heavy atom. The Hall–Kier alpha value is -7.11. The summed E-state index contributed by atoms with van der Waals surface area (Å²) >= 11 is 0. The molecule has 0 spiro atoms. The van der Waals surface area contributed by atoms with Gasteiger partial charge < -0.3 is 9.52 Å². The van der Waals surface area contributed by atoms with Gasteiger partial charge in [0.1, 0.15) is 16.9 Å². The molecule has 5 nitrogen and oxygen atoms in total. The van der Waals surface area contributed by atoms with Crippen LogP contribution in [0, 0.1) is 0 Å². The van der Waals surface area contributed by atoms with Crippen molar-refractivity contribution in [3.63, 3.8) is 0 Å². The van der Waals surface area contributed by atoms with Gasteiger partial charge in [-0.2, -0.15) is 0 Å². The lowest BCUT2D eigenvalue weighted by atomic mass is 9.92. The molecule has 0 amide bonds. The van der Waals surface area contributed by atoms with Crippen LogP contribution in [0.25, 0.3) is 99.9 Å². The van der Waals surface area contributed by atoms with E-state index in [4.69, 9.17) is 19.4 Å². The van der Waals surface area contributed by atoms with E-state index >= 15 is 0 Å². The molecule has 0 radical (unpaired) electrons. The lowest BCUT2D eigenvalue weighted by Crippen LogP contribution is -2.01. The second kappa shape index (κ2) is 12.0. The highest BCUT2D eigenvalue weighted by atomic mass is 16.3. The molecule has 2 aromatic heterocycles. The number of fused-ring (bicyclic) bond motifs is 6. The lowest BCUT2D eigenvalue weighted by molar-refractivity contribution is 0.479. The van der Waals surface area contributed by atoms with Crippen LogP contribution in [-0.4, -0.2) is 20.1 Å². The van der Waals surface area contributed by atoms with Crippen LogP contribution in [0.15, 0.2) is 174 Å². The number of rotatable bonds is 5. The van der Waals surface area contributed by atoms with Crippen molar-refractivity contribution in [3.8, 4) is 62.2 Å². The number of nitrogens with zero attached hydrogens (tertiary/aromatic N) is 3. The standard InChI is InChI=1S/C47H29N3O2/c51-43-36(38-20-11-19-37-35-18-9-10-21-41(35)52-44(37)38)26-27-39(42(43)31-13-3-1-4-14-31)47-49-45(32-15-5-2-6-16-32)48-46(50-47)33-25-24-30-23-22-29-12-7-8-17-34(29)40(30)28-33/h1-28,51H. The molecule has 8 aromatic carbocycles. The first-order valence-electron chi connectivity index (χ1n) is 17.3. The fourth-order valence-corrected chi connectivity index (χ4v) is 7.33. The second-order valence-corrected chi connectivity index (χ2v) is 12.9. The van der Waals surface area contributed by atoms with E-state index < -0.39 is 0 Å². The van der Waals surface area contributed by atoms with Gasteiger partial charge in [-0.1, -0.05) is 146 Å². The third kappa shape index (κ3) is 4.90. The summed E-state index contributed by atoms with van der Waals surface area (Å²) in [4.78, 5) is 15.2. The van der Waals surface area contributed by atoms with Gasteiger partial charge in [-0.15, -0.1) is 0 Å². The first-order valence-corrected chi connectivity index (χ1v) is 17.3. The highest BCUT2D eigenvalue weighted by molar-refractivity contribution is 6.11. The van der Waals surface area contributed by atoms with E-state index in [0.717, 1.165) is 55.0 Å². The Morgan fingerprint density at radius 2 is 0.981 bits per heavy atom. The quantitative estimate of drug-likeness (QED) is 0.185. The van der Waals surface area contributed by atoms with Gasteiger partial charge >= 0.3 is 0 Å². The zero-order valence-corrected chi connectivity index (χ0v) is 27.9. The van der Waals surface area contributed by atoms with Gasteiger partial charge in [0.05, 0.1) is 0 Å².